The zero-order valence-corrected chi connectivity index (χ0v) is 11.8. The molecular formula is C15H16N2O4. The van der Waals surface area contributed by atoms with Crippen LogP contribution in [0.2, 0.25) is 0 Å². The van der Waals surface area contributed by atoms with Gasteiger partial charge in [-0.15, -0.1) is 0 Å². The highest BCUT2D eigenvalue weighted by molar-refractivity contribution is 5.52. The van der Waals surface area contributed by atoms with Gasteiger partial charge in [-0.2, -0.15) is 0 Å². The molecule has 0 amide bonds. The number of methoxy groups -OCH3 is 1. The number of nitro benzene ring substituents is 1. The van der Waals surface area contributed by atoms with Crippen LogP contribution in [0.1, 0.15) is 18.5 Å². The quantitative estimate of drug-likeness (QED) is 0.672. The van der Waals surface area contributed by atoms with Gasteiger partial charge in [0.15, 0.2) is 0 Å². The van der Waals surface area contributed by atoms with Crippen molar-refractivity contribution in [3.63, 3.8) is 0 Å². The van der Waals surface area contributed by atoms with E-state index in [2.05, 4.69) is 0 Å². The van der Waals surface area contributed by atoms with E-state index in [-0.39, 0.29) is 17.5 Å². The molecule has 0 saturated heterocycles. The highest BCUT2D eigenvalue weighted by Crippen LogP contribution is 2.34. The highest BCUT2D eigenvalue weighted by atomic mass is 16.6. The van der Waals surface area contributed by atoms with Gasteiger partial charge in [0.25, 0.3) is 0 Å². The Morgan fingerprint density at radius 3 is 2.29 bits per heavy atom. The third-order valence-corrected chi connectivity index (χ3v) is 3.00. The zero-order valence-electron chi connectivity index (χ0n) is 11.8. The van der Waals surface area contributed by atoms with E-state index in [9.17, 15) is 10.1 Å². The largest absolute Gasteiger partial charge is 0.497 e. The molecule has 0 aliphatic rings. The standard InChI is InChI=1S/C15H16N2O4/c1-10(16)11-3-5-12(6-4-11)21-15-9-13(20-2)7-8-14(15)17(18)19/h3-10H,16H2,1-2H3/t10-/m0/s1. The van der Waals surface area contributed by atoms with Crippen LogP contribution in [0.5, 0.6) is 17.2 Å². The smallest absolute Gasteiger partial charge is 0.311 e. The van der Waals surface area contributed by atoms with Crippen LogP contribution in [-0.2, 0) is 0 Å². The molecule has 2 rings (SSSR count). The molecule has 2 aromatic carbocycles. The van der Waals surface area contributed by atoms with E-state index in [0.717, 1.165) is 5.56 Å². The first-order valence-corrected chi connectivity index (χ1v) is 6.37. The highest BCUT2D eigenvalue weighted by Gasteiger charge is 2.17. The van der Waals surface area contributed by atoms with Gasteiger partial charge in [0, 0.05) is 18.2 Å². The van der Waals surface area contributed by atoms with Crippen LogP contribution >= 0.6 is 0 Å². The second kappa shape index (κ2) is 6.23. The van der Waals surface area contributed by atoms with Crippen LogP contribution in [0, 0.1) is 10.1 Å². The summed E-state index contributed by atoms with van der Waals surface area (Å²) in [6.45, 7) is 1.88. The molecular weight excluding hydrogens is 272 g/mol. The lowest BCUT2D eigenvalue weighted by Crippen LogP contribution is -2.04. The maximum absolute atomic E-state index is 11.0. The van der Waals surface area contributed by atoms with E-state index in [1.54, 1.807) is 12.1 Å². The number of benzene rings is 2. The second-order valence-corrected chi connectivity index (χ2v) is 4.55. The lowest BCUT2D eigenvalue weighted by molar-refractivity contribution is -0.385. The van der Waals surface area contributed by atoms with Crippen molar-refractivity contribution in [1.29, 1.82) is 0 Å². The molecule has 6 heteroatoms. The second-order valence-electron chi connectivity index (χ2n) is 4.55. The topological polar surface area (TPSA) is 87.6 Å². The number of hydrogen-bond donors (Lipinski definition) is 1. The minimum atomic E-state index is -0.495. The summed E-state index contributed by atoms with van der Waals surface area (Å²) in [5.41, 5.74) is 6.61. The fourth-order valence-electron chi connectivity index (χ4n) is 1.82. The molecule has 0 fully saturated rings. The van der Waals surface area contributed by atoms with Crippen LogP contribution in [0.25, 0.3) is 0 Å². The normalized spacial score (nSPS) is 11.8. The van der Waals surface area contributed by atoms with E-state index in [1.807, 2.05) is 19.1 Å². The van der Waals surface area contributed by atoms with Crippen molar-refractivity contribution in [3.8, 4) is 17.2 Å². The Balaban J connectivity index is 2.31. The summed E-state index contributed by atoms with van der Waals surface area (Å²) in [5.74, 6) is 1.12. The molecule has 0 aliphatic heterocycles. The summed E-state index contributed by atoms with van der Waals surface area (Å²) in [4.78, 5) is 10.5. The van der Waals surface area contributed by atoms with Crippen LogP contribution < -0.4 is 15.2 Å². The molecule has 0 unspecified atom stereocenters. The van der Waals surface area contributed by atoms with E-state index >= 15 is 0 Å². The van der Waals surface area contributed by atoms with Crippen molar-refractivity contribution < 1.29 is 14.4 Å². The lowest BCUT2D eigenvalue weighted by atomic mass is 10.1. The van der Waals surface area contributed by atoms with Gasteiger partial charge in [0.05, 0.1) is 12.0 Å². The first-order chi connectivity index (χ1) is 10.0. The molecule has 21 heavy (non-hydrogen) atoms. The summed E-state index contributed by atoms with van der Waals surface area (Å²) in [6, 6.07) is 11.4. The minimum Gasteiger partial charge on any atom is -0.497 e. The molecule has 0 aromatic heterocycles. The van der Waals surface area contributed by atoms with Gasteiger partial charge in [-0.1, -0.05) is 12.1 Å². The van der Waals surface area contributed by atoms with E-state index in [4.69, 9.17) is 15.2 Å². The van der Waals surface area contributed by atoms with Crippen molar-refractivity contribution in [3.05, 3.63) is 58.1 Å². The summed E-state index contributed by atoms with van der Waals surface area (Å²) in [5, 5.41) is 11.0. The number of ether oxygens (including phenoxy) is 2. The third kappa shape index (κ3) is 3.49. The van der Waals surface area contributed by atoms with Crippen molar-refractivity contribution in [1.82, 2.24) is 0 Å². The average Bonchev–Trinajstić information content (AvgIpc) is 2.47. The van der Waals surface area contributed by atoms with Crippen LogP contribution in [0.4, 0.5) is 5.69 Å². The van der Waals surface area contributed by atoms with Gasteiger partial charge in [-0.05, 0) is 30.7 Å². The minimum absolute atomic E-state index is 0.0785. The van der Waals surface area contributed by atoms with Gasteiger partial charge in [0.2, 0.25) is 5.75 Å². The molecule has 6 nitrogen and oxygen atoms in total. The fourth-order valence-corrected chi connectivity index (χ4v) is 1.82. The predicted octanol–water partition coefficient (Wildman–Crippen LogP) is 3.42. The molecule has 2 aromatic rings. The van der Waals surface area contributed by atoms with Crippen LogP contribution in [-0.4, -0.2) is 12.0 Å². The maximum Gasteiger partial charge on any atom is 0.311 e. The Kier molecular flexibility index (Phi) is 4.39. The number of nitrogens with two attached hydrogens (primary N) is 1. The molecule has 1 atom stereocenters. The molecule has 2 N–H and O–H groups in total. The molecule has 0 heterocycles. The van der Waals surface area contributed by atoms with Gasteiger partial charge >= 0.3 is 5.69 Å². The van der Waals surface area contributed by atoms with Gasteiger partial charge in [0.1, 0.15) is 11.5 Å². The Morgan fingerprint density at radius 1 is 1.14 bits per heavy atom. The Bertz CT molecular complexity index is 639. The summed E-state index contributed by atoms with van der Waals surface area (Å²) in [6.07, 6.45) is 0. The average molecular weight is 288 g/mol. The van der Waals surface area contributed by atoms with E-state index in [1.165, 1.54) is 25.3 Å². The fraction of sp³-hybridized carbons (Fsp3) is 0.200. The molecule has 0 spiro atoms. The Labute approximate surface area is 122 Å². The number of rotatable bonds is 5. The maximum atomic E-state index is 11.0. The molecule has 0 aliphatic carbocycles. The Hall–Kier alpha value is -2.60. The number of nitrogens with zero attached hydrogens (tertiary/aromatic N) is 1. The monoisotopic (exact) mass is 288 g/mol. The van der Waals surface area contributed by atoms with Crippen molar-refractivity contribution in [2.24, 2.45) is 5.73 Å². The van der Waals surface area contributed by atoms with Crippen molar-refractivity contribution >= 4 is 5.69 Å². The number of nitro groups is 1. The Morgan fingerprint density at radius 2 is 1.76 bits per heavy atom. The third-order valence-electron chi connectivity index (χ3n) is 3.00. The van der Waals surface area contributed by atoms with Gasteiger partial charge in [-0.25, -0.2) is 0 Å². The molecule has 0 saturated carbocycles. The van der Waals surface area contributed by atoms with Crippen LogP contribution in [0.15, 0.2) is 42.5 Å². The molecule has 110 valence electrons. The van der Waals surface area contributed by atoms with Crippen LogP contribution in [0.3, 0.4) is 0 Å². The van der Waals surface area contributed by atoms with Crippen molar-refractivity contribution in [2.75, 3.05) is 7.11 Å². The van der Waals surface area contributed by atoms with Gasteiger partial charge in [-0.3, -0.25) is 10.1 Å². The van der Waals surface area contributed by atoms with E-state index in [0.29, 0.717) is 11.5 Å². The lowest BCUT2D eigenvalue weighted by Gasteiger charge is -2.10. The van der Waals surface area contributed by atoms with E-state index < -0.39 is 4.92 Å². The van der Waals surface area contributed by atoms with Gasteiger partial charge < -0.3 is 15.2 Å². The summed E-state index contributed by atoms with van der Waals surface area (Å²) >= 11 is 0. The van der Waals surface area contributed by atoms with Crippen molar-refractivity contribution in [2.45, 2.75) is 13.0 Å². The number of hydrogen-bond acceptors (Lipinski definition) is 5. The SMILES string of the molecule is COc1ccc([N+](=O)[O-])c(Oc2ccc([C@H](C)N)cc2)c1. The molecule has 0 radical (unpaired) electrons. The summed E-state index contributed by atoms with van der Waals surface area (Å²) < 4.78 is 10.6. The predicted molar refractivity (Wildman–Crippen MR) is 78.8 cm³/mol. The first-order valence-electron chi connectivity index (χ1n) is 6.37. The first kappa shape index (κ1) is 14.8. The summed E-state index contributed by atoms with van der Waals surface area (Å²) in [7, 11) is 1.49. The zero-order chi connectivity index (χ0) is 15.4. The molecule has 0 bridgehead atoms.